The topological polar surface area (TPSA) is 60.7 Å². The van der Waals surface area contributed by atoms with Crippen molar-refractivity contribution < 1.29 is 15.3 Å². The van der Waals surface area contributed by atoms with E-state index in [1.54, 1.807) is 0 Å². The van der Waals surface area contributed by atoms with Gasteiger partial charge in [-0.05, 0) is 42.9 Å². The fourth-order valence-corrected chi connectivity index (χ4v) is 5.13. The van der Waals surface area contributed by atoms with Crippen LogP contribution in [0.25, 0.3) is 0 Å². The van der Waals surface area contributed by atoms with Crippen molar-refractivity contribution in [1.29, 1.82) is 0 Å². The molecule has 3 heteroatoms. The first-order valence-electron chi connectivity index (χ1n) is 7.11. The third-order valence-electron chi connectivity index (χ3n) is 6.26. The summed E-state index contributed by atoms with van der Waals surface area (Å²) in [6.07, 6.45) is 4.31. The molecular weight excluding hydrogens is 228 g/mol. The highest BCUT2D eigenvalue weighted by Gasteiger charge is 2.71. The second-order valence-electron chi connectivity index (χ2n) is 7.77. The van der Waals surface area contributed by atoms with E-state index in [0.29, 0.717) is 5.92 Å². The van der Waals surface area contributed by atoms with Crippen molar-refractivity contribution >= 4 is 0 Å². The van der Waals surface area contributed by atoms with Crippen LogP contribution in [0.15, 0.2) is 0 Å². The fourth-order valence-electron chi connectivity index (χ4n) is 5.13. The predicted octanol–water partition coefficient (Wildman–Crippen LogP) is 1.37. The second-order valence-corrected chi connectivity index (χ2v) is 7.77. The van der Waals surface area contributed by atoms with E-state index >= 15 is 0 Å². The highest BCUT2D eigenvalue weighted by atomic mass is 16.3. The van der Waals surface area contributed by atoms with E-state index in [9.17, 15) is 15.3 Å². The lowest BCUT2D eigenvalue weighted by Crippen LogP contribution is -2.71. The molecule has 3 rings (SSSR count). The van der Waals surface area contributed by atoms with Crippen LogP contribution in [0.2, 0.25) is 0 Å². The Kier molecular flexibility index (Phi) is 2.51. The molecule has 3 nitrogen and oxygen atoms in total. The molecule has 0 spiro atoms. The van der Waals surface area contributed by atoms with Crippen molar-refractivity contribution in [3.8, 4) is 0 Å². The second kappa shape index (κ2) is 3.50. The first-order chi connectivity index (χ1) is 8.25. The molecule has 0 amide bonds. The zero-order chi connectivity index (χ0) is 13.3. The van der Waals surface area contributed by atoms with Gasteiger partial charge in [-0.25, -0.2) is 0 Å². The third-order valence-corrected chi connectivity index (χ3v) is 6.26. The molecule has 18 heavy (non-hydrogen) atoms. The molecule has 0 aromatic carbocycles. The number of hydrogen-bond acceptors (Lipinski definition) is 3. The first-order valence-corrected chi connectivity index (χ1v) is 7.11. The van der Waals surface area contributed by atoms with Crippen molar-refractivity contribution in [2.45, 2.75) is 51.7 Å². The summed E-state index contributed by atoms with van der Waals surface area (Å²) >= 11 is 0. The molecular formula is C15H25O3. The lowest BCUT2D eigenvalue weighted by atomic mass is 9.42. The monoisotopic (exact) mass is 253 g/mol. The van der Waals surface area contributed by atoms with Crippen LogP contribution in [0, 0.1) is 35.0 Å². The average molecular weight is 253 g/mol. The van der Waals surface area contributed by atoms with Gasteiger partial charge in [-0.3, -0.25) is 0 Å². The maximum Gasteiger partial charge on any atom is 0.0810 e. The summed E-state index contributed by atoms with van der Waals surface area (Å²) in [5.74, 6) is 0.197. The molecule has 3 saturated carbocycles. The summed E-state index contributed by atoms with van der Waals surface area (Å²) in [5.41, 5.74) is -0.888. The van der Waals surface area contributed by atoms with Crippen LogP contribution in [0.4, 0.5) is 0 Å². The van der Waals surface area contributed by atoms with Crippen LogP contribution in [0.1, 0.15) is 40.0 Å². The van der Waals surface area contributed by atoms with Gasteiger partial charge in [-0.2, -0.15) is 0 Å². The molecule has 3 fully saturated rings. The molecule has 1 radical (unpaired) electrons. The molecule has 0 saturated heterocycles. The van der Waals surface area contributed by atoms with E-state index in [0.717, 1.165) is 19.3 Å². The molecule has 0 unspecified atom stereocenters. The van der Waals surface area contributed by atoms with Crippen molar-refractivity contribution in [1.82, 2.24) is 0 Å². The van der Waals surface area contributed by atoms with Gasteiger partial charge in [-0.15, -0.1) is 0 Å². The molecule has 0 bridgehead atoms. The largest absolute Gasteiger partial charge is 0.396 e. The van der Waals surface area contributed by atoms with Crippen molar-refractivity contribution in [2.75, 3.05) is 6.61 Å². The van der Waals surface area contributed by atoms with Crippen molar-refractivity contribution in [3.63, 3.8) is 0 Å². The lowest BCUT2D eigenvalue weighted by Gasteiger charge is -2.66. The third kappa shape index (κ3) is 1.31. The molecule has 0 aromatic heterocycles. The molecule has 0 heterocycles. The Morgan fingerprint density at radius 1 is 1.22 bits per heavy atom. The Morgan fingerprint density at radius 3 is 2.39 bits per heavy atom. The highest BCUT2D eigenvalue weighted by molar-refractivity contribution is 5.27. The van der Waals surface area contributed by atoms with E-state index in [-0.39, 0.29) is 23.4 Å². The molecule has 3 aliphatic rings. The SMILES string of the molecule is CC1(C)C[C@H]2[C@H](O)[C@@H](CO)[C@]3(O)[CH]C[C@]3(C)[C@H]2C1. The summed E-state index contributed by atoms with van der Waals surface area (Å²) in [4.78, 5) is 0. The summed E-state index contributed by atoms with van der Waals surface area (Å²) in [6.45, 7) is 6.50. The van der Waals surface area contributed by atoms with E-state index < -0.39 is 17.6 Å². The fraction of sp³-hybridized carbons (Fsp3) is 0.933. The molecule has 6 atom stereocenters. The van der Waals surface area contributed by atoms with E-state index in [1.807, 2.05) is 6.42 Å². The van der Waals surface area contributed by atoms with Gasteiger partial charge in [0.1, 0.15) is 0 Å². The van der Waals surface area contributed by atoms with Crippen molar-refractivity contribution in [2.24, 2.45) is 28.6 Å². The van der Waals surface area contributed by atoms with Crippen LogP contribution in [0.3, 0.4) is 0 Å². The van der Waals surface area contributed by atoms with Gasteiger partial charge in [0.25, 0.3) is 0 Å². The smallest absolute Gasteiger partial charge is 0.0810 e. The molecule has 3 N–H and O–H groups in total. The van der Waals surface area contributed by atoms with Gasteiger partial charge in [0.2, 0.25) is 0 Å². The predicted molar refractivity (Wildman–Crippen MR) is 68.6 cm³/mol. The standard InChI is InChI=1S/C15H25O3/c1-13(2)6-9-10(7-13)14(3)4-5-15(14,18)11(8-16)12(9)17/h5,9-12,16-18H,4,6-8H2,1-3H3/t9-,10+,11-,12+,14-,15-/m1/s1. The van der Waals surface area contributed by atoms with Crippen LogP contribution in [-0.4, -0.2) is 33.6 Å². The Balaban J connectivity index is 2.01. The zero-order valence-corrected chi connectivity index (χ0v) is 11.6. The quantitative estimate of drug-likeness (QED) is 0.661. The number of fused-ring (bicyclic) bond motifs is 3. The summed E-state index contributed by atoms with van der Waals surface area (Å²) in [7, 11) is 0. The Hall–Kier alpha value is -0.120. The van der Waals surface area contributed by atoms with Gasteiger partial charge in [-0.1, -0.05) is 20.8 Å². The molecule has 0 aliphatic heterocycles. The number of rotatable bonds is 1. The Labute approximate surface area is 109 Å². The molecule has 3 aliphatic carbocycles. The van der Waals surface area contributed by atoms with Gasteiger partial charge >= 0.3 is 0 Å². The van der Waals surface area contributed by atoms with Gasteiger partial charge in [0.05, 0.1) is 18.3 Å². The van der Waals surface area contributed by atoms with E-state index in [2.05, 4.69) is 20.8 Å². The van der Waals surface area contributed by atoms with Gasteiger partial charge in [0, 0.05) is 11.3 Å². The van der Waals surface area contributed by atoms with Gasteiger partial charge in [0.15, 0.2) is 0 Å². The van der Waals surface area contributed by atoms with E-state index in [1.165, 1.54) is 0 Å². The highest BCUT2D eigenvalue weighted by Crippen LogP contribution is 2.69. The van der Waals surface area contributed by atoms with Gasteiger partial charge < -0.3 is 15.3 Å². The number of hydrogen-bond donors (Lipinski definition) is 3. The van der Waals surface area contributed by atoms with E-state index in [4.69, 9.17) is 0 Å². The summed E-state index contributed by atoms with van der Waals surface area (Å²) in [6, 6.07) is 0. The first kappa shape index (κ1) is 12.9. The maximum atomic E-state index is 10.9. The number of aliphatic hydroxyl groups is 3. The maximum absolute atomic E-state index is 10.9. The van der Waals surface area contributed by atoms with Crippen LogP contribution in [0.5, 0.6) is 0 Å². The number of aliphatic hydroxyl groups excluding tert-OH is 2. The molecule has 0 aromatic rings. The minimum absolute atomic E-state index is 0.132. The van der Waals surface area contributed by atoms with Crippen LogP contribution < -0.4 is 0 Å². The van der Waals surface area contributed by atoms with Crippen LogP contribution in [-0.2, 0) is 0 Å². The normalized spacial score (nSPS) is 57.7. The minimum Gasteiger partial charge on any atom is -0.396 e. The Morgan fingerprint density at radius 2 is 1.89 bits per heavy atom. The Bertz CT molecular complexity index is 367. The lowest BCUT2D eigenvalue weighted by molar-refractivity contribution is -0.252. The molecule has 103 valence electrons. The average Bonchev–Trinajstić information content (AvgIpc) is 2.62. The zero-order valence-electron chi connectivity index (χ0n) is 11.6. The summed E-state index contributed by atoms with van der Waals surface area (Å²) in [5, 5.41) is 31.0. The summed E-state index contributed by atoms with van der Waals surface area (Å²) < 4.78 is 0. The van der Waals surface area contributed by atoms with Crippen molar-refractivity contribution in [3.05, 3.63) is 6.42 Å². The minimum atomic E-state index is -0.969. The van der Waals surface area contributed by atoms with Crippen LogP contribution >= 0.6 is 0 Å².